The van der Waals surface area contributed by atoms with Crippen LogP contribution >= 0.6 is 0 Å². The number of non-ortho nitro benzene ring substituents is 1. The number of carbonyl (C=O) groups is 4. The van der Waals surface area contributed by atoms with Crippen molar-refractivity contribution in [1.29, 1.82) is 0 Å². The molecule has 0 radical (unpaired) electrons. The first-order valence-corrected chi connectivity index (χ1v) is 11.4. The van der Waals surface area contributed by atoms with E-state index in [1.807, 2.05) is 0 Å². The minimum Gasteiger partial charge on any atom is -0.465 e. The molecular formula is C25H25N3O7. The van der Waals surface area contributed by atoms with E-state index in [1.165, 1.54) is 60.5 Å². The molecule has 1 aliphatic heterocycles. The van der Waals surface area contributed by atoms with Gasteiger partial charge in [-0.05, 0) is 43.2 Å². The molecule has 1 saturated heterocycles. The highest BCUT2D eigenvalue weighted by Gasteiger charge is 2.46. The third-order valence-corrected chi connectivity index (χ3v) is 6.51. The highest BCUT2D eigenvalue weighted by atomic mass is 16.6. The van der Waals surface area contributed by atoms with Crippen molar-refractivity contribution in [3.63, 3.8) is 0 Å². The molecule has 1 heterocycles. The minimum atomic E-state index is -1.02. The maximum Gasteiger partial charge on any atom is 0.337 e. The van der Waals surface area contributed by atoms with Crippen LogP contribution in [0.1, 0.15) is 59.2 Å². The van der Waals surface area contributed by atoms with Gasteiger partial charge in [-0.1, -0.05) is 25.3 Å². The van der Waals surface area contributed by atoms with Crippen molar-refractivity contribution < 1.29 is 28.8 Å². The summed E-state index contributed by atoms with van der Waals surface area (Å²) < 4.78 is 4.68. The van der Waals surface area contributed by atoms with Crippen molar-refractivity contribution >= 4 is 35.1 Å². The van der Waals surface area contributed by atoms with Crippen LogP contribution in [0.3, 0.4) is 0 Å². The maximum atomic E-state index is 13.6. The van der Waals surface area contributed by atoms with E-state index in [-0.39, 0.29) is 29.3 Å². The molecule has 182 valence electrons. The number of anilines is 1. The molecule has 0 N–H and O–H groups in total. The van der Waals surface area contributed by atoms with Gasteiger partial charge in [-0.2, -0.15) is 0 Å². The van der Waals surface area contributed by atoms with Crippen molar-refractivity contribution in [1.82, 2.24) is 4.90 Å². The lowest BCUT2D eigenvalue weighted by Crippen LogP contribution is -2.51. The van der Waals surface area contributed by atoms with Crippen molar-refractivity contribution in [2.24, 2.45) is 0 Å². The summed E-state index contributed by atoms with van der Waals surface area (Å²) in [5, 5.41) is 11.2. The number of hydrogen-bond acceptors (Lipinski definition) is 7. The van der Waals surface area contributed by atoms with Gasteiger partial charge in [-0.25, -0.2) is 9.69 Å². The molecule has 3 amide bonds. The number of nitrogens with zero attached hydrogens (tertiary/aromatic N) is 3. The molecule has 10 heteroatoms. The van der Waals surface area contributed by atoms with Crippen LogP contribution in [0, 0.1) is 10.1 Å². The van der Waals surface area contributed by atoms with Crippen molar-refractivity contribution in [2.75, 3.05) is 12.0 Å². The zero-order chi connectivity index (χ0) is 25.1. The van der Waals surface area contributed by atoms with Gasteiger partial charge < -0.3 is 9.64 Å². The van der Waals surface area contributed by atoms with Crippen LogP contribution in [0.2, 0.25) is 0 Å². The standard InChI is InChI=1S/C25H25N3O7/c1-35-25(32)16-10-12-19(13-11-16)27-22(29)15-21(24(27)31)26(18-7-3-2-4-8-18)23(30)17-6-5-9-20(14-17)28(33)34/h5-6,9-14,18,21H,2-4,7-8,15H2,1H3. The maximum absolute atomic E-state index is 13.6. The van der Waals surface area contributed by atoms with Crippen LogP contribution in [0.5, 0.6) is 0 Å². The highest BCUT2D eigenvalue weighted by Crippen LogP contribution is 2.32. The van der Waals surface area contributed by atoms with Crippen LogP contribution in [-0.2, 0) is 14.3 Å². The number of benzene rings is 2. The smallest absolute Gasteiger partial charge is 0.337 e. The summed E-state index contributed by atoms with van der Waals surface area (Å²) in [6.07, 6.45) is 3.98. The second kappa shape index (κ2) is 10.0. The highest BCUT2D eigenvalue weighted by molar-refractivity contribution is 6.23. The molecule has 1 atom stereocenters. The molecule has 0 aromatic heterocycles. The number of nitro groups is 1. The topological polar surface area (TPSA) is 127 Å². The van der Waals surface area contributed by atoms with E-state index < -0.39 is 34.7 Å². The Morgan fingerprint density at radius 1 is 1.03 bits per heavy atom. The quantitative estimate of drug-likeness (QED) is 0.269. The summed E-state index contributed by atoms with van der Waals surface area (Å²) in [5.41, 5.74) is 0.449. The molecule has 2 aliphatic rings. The Hall–Kier alpha value is -4.08. The first-order chi connectivity index (χ1) is 16.8. The number of hydrogen-bond donors (Lipinski definition) is 0. The molecule has 0 bridgehead atoms. The fourth-order valence-electron chi connectivity index (χ4n) is 4.79. The van der Waals surface area contributed by atoms with Gasteiger partial charge in [-0.15, -0.1) is 0 Å². The Balaban J connectivity index is 1.66. The predicted octanol–water partition coefficient (Wildman–Crippen LogP) is 3.49. The largest absolute Gasteiger partial charge is 0.465 e. The Morgan fingerprint density at radius 2 is 1.71 bits per heavy atom. The Bertz CT molecular complexity index is 1170. The van der Waals surface area contributed by atoms with Crippen molar-refractivity contribution in [3.05, 3.63) is 69.8 Å². The first-order valence-electron chi connectivity index (χ1n) is 11.4. The van der Waals surface area contributed by atoms with E-state index in [0.29, 0.717) is 18.5 Å². The van der Waals surface area contributed by atoms with Gasteiger partial charge in [0.2, 0.25) is 5.91 Å². The van der Waals surface area contributed by atoms with E-state index in [1.54, 1.807) is 0 Å². The summed E-state index contributed by atoms with van der Waals surface area (Å²) in [5.74, 6) is -2.04. The molecule has 0 spiro atoms. The lowest BCUT2D eigenvalue weighted by molar-refractivity contribution is -0.384. The molecule has 1 aliphatic carbocycles. The zero-order valence-corrected chi connectivity index (χ0v) is 19.2. The Labute approximate surface area is 201 Å². The SMILES string of the molecule is COC(=O)c1ccc(N2C(=O)CC(N(C(=O)c3cccc([N+](=O)[O-])c3)C3CCCCC3)C2=O)cc1. The van der Waals surface area contributed by atoms with E-state index in [4.69, 9.17) is 0 Å². The van der Waals surface area contributed by atoms with Crippen molar-refractivity contribution in [3.8, 4) is 0 Å². The van der Waals surface area contributed by atoms with E-state index in [0.717, 1.165) is 24.2 Å². The van der Waals surface area contributed by atoms with Gasteiger partial charge in [0.25, 0.3) is 17.5 Å². The summed E-state index contributed by atoms with van der Waals surface area (Å²) in [6.45, 7) is 0. The predicted molar refractivity (Wildman–Crippen MR) is 125 cm³/mol. The number of nitro benzene ring substituents is 1. The second-order valence-corrected chi connectivity index (χ2v) is 8.64. The molecule has 2 fully saturated rings. The van der Waals surface area contributed by atoms with Crippen LogP contribution in [0.25, 0.3) is 0 Å². The molecule has 1 unspecified atom stereocenters. The summed E-state index contributed by atoms with van der Waals surface area (Å²) in [7, 11) is 1.26. The van der Waals surface area contributed by atoms with Gasteiger partial charge in [-0.3, -0.25) is 24.5 Å². The van der Waals surface area contributed by atoms with Crippen LogP contribution in [-0.4, -0.2) is 52.7 Å². The number of methoxy groups -OCH3 is 1. The molecule has 4 rings (SSSR count). The number of rotatable bonds is 6. The third-order valence-electron chi connectivity index (χ3n) is 6.51. The van der Waals surface area contributed by atoms with Gasteiger partial charge in [0.15, 0.2) is 0 Å². The van der Waals surface area contributed by atoms with Crippen LogP contribution < -0.4 is 4.90 Å². The van der Waals surface area contributed by atoms with Gasteiger partial charge in [0.05, 0.1) is 29.7 Å². The number of ether oxygens (including phenoxy) is 1. The monoisotopic (exact) mass is 479 g/mol. The molecule has 35 heavy (non-hydrogen) atoms. The minimum absolute atomic E-state index is 0.103. The zero-order valence-electron chi connectivity index (χ0n) is 19.2. The molecule has 1 saturated carbocycles. The fraction of sp³-hybridized carbons (Fsp3) is 0.360. The summed E-state index contributed by atoms with van der Waals surface area (Å²) in [4.78, 5) is 64.9. The molecule has 2 aromatic carbocycles. The molecule has 2 aromatic rings. The first kappa shape index (κ1) is 24.1. The van der Waals surface area contributed by atoms with Crippen LogP contribution in [0.4, 0.5) is 11.4 Å². The lowest BCUT2D eigenvalue weighted by atomic mass is 9.92. The average molecular weight is 479 g/mol. The van der Waals surface area contributed by atoms with E-state index in [9.17, 15) is 29.3 Å². The number of imide groups is 1. The molecule has 10 nitrogen and oxygen atoms in total. The number of carbonyl (C=O) groups excluding carboxylic acids is 4. The van der Waals surface area contributed by atoms with Crippen LogP contribution in [0.15, 0.2) is 48.5 Å². The average Bonchev–Trinajstić information content (AvgIpc) is 3.17. The van der Waals surface area contributed by atoms with Gasteiger partial charge >= 0.3 is 5.97 Å². The fourth-order valence-corrected chi connectivity index (χ4v) is 4.79. The summed E-state index contributed by atoms with van der Waals surface area (Å²) in [6, 6.07) is 10.0. The summed E-state index contributed by atoms with van der Waals surface area (Å²) >= 11 is 0. The third kappa shape index (κ3) is 4.77. The Kier molecular flexibility index (Phi) is 6.90. The second-order valence-electron chi connectivity index (χ2n) is 8.64. The normalized spacial score (nSPS) is 18.4. The van der Waals surface area contributed by atoms with Gasteiger partial charge in [0.1, 0.15) is 6.04 Å². The van der Waals surface area contributed by atoms with E-state index in [2.05, 4.69) is 4.74 Å². The van der Waals surface area contributed by atoms with Gasteiger partial charge in [0, 0.05) is 23.7 Å². The van der Waals surface area contributed by atoms with E-state index >= 15 is 0 Å². The lowest BCUT2D eigenvalue weighted by Gasteiger charge is -2.37. The number of esters is 1. The number of amides is 3. The van der Waals surface area contributed by atoms with Crippen molar-refractivity contribution in [2.45, 2.75) is 50.6 Å². The Morgan fingerprint density at radius 3 is 2.34 bits per heavy atom. The molecular weight excluding hydrogens is 454 g/mol.